The lowest BCUT2D eigenvalue weighted by atomic mass is 10.1. The lowest BCUT2D eigenvalue weighted by Gasteiger charge is -2.01. The van der Waals surface area contributed by atoms with Crippen molar-refractivity contribution < 1.29 is 0 Å². The van der Waals surface area contributed by atoms with E-state index in [0.29, 0.717) is 0 Å². The Hall–Kier alpha value is -2.00. The molecule has 0 saturated heterocycles. The summed E-state index contributed by atoms with van der Waals surface area (Å²) in [5.41, 5.74) is 3.21. The van der Waals surface area contributed by atoms with Gasteiger partial charge in [-0.05, 0) is 25.5 Å². The van der Waals surface area contributed by atoms with Gasteiger partial charge in [0.25, 0.3) is 0 Å². The van der Waals surface area contributed by atoms with Crippen molar-refractivity contribution in [2.24, 2.45) is 0 Å². The van der Waals surface area contributed by atoms with Crippen molar-refractivity contribution in [3.05, 3.63) is 54.5 Å². The van der Waals surface area contributed by atoms with E-state index in [-0.39, 0.29) is 0 Å². The van der Waals surface area contributed by atoms with Gasteiger partial charge in [0.1, 0.15) is 6.33 Å². The van der Waals surface area contributed by atoms with Gasteiger partial charge >= 0.3 is 0 Å². The van der Waals surface area contributed by atoms with Crippen LogP contribution in [0.3, 0.4) is 0 Å². The predicted molar refractivity (Wildman–Crippen MR) is 83.4 cm³/mol. The molecule has 1 aromatic carbocycles. The number of fused-ring (bicyclic) bond motifs is 3. The molecular formula is C16H14N2S. The SMILES string of the molecule is C/C=C\C(=C/C)c1ncnc2c1sc1ccccc12. The van der Waals surface area contributed by atoms with E-state index in [1.165, 1.54) is 10.1 Å². The van der Waals surface area contributed by atoms with Crippen molar-refractivity contribution in [2.75, 3.05) is 0 Å². The smallest absolute Gasteiger partial charge is 0.116 e. The van der Waals surface area contributed by atoms with E-state index in [1.807, 2.05) is 19.9 Å². The first-order valence-electron chi connectivity index (χ1n) is 6.26. The number of nitrogens with zero attached hydrogens (tertiary/aromatic N) is 2. The van der Waals surface area contributed by atoms with Gasteiger partial charge in [0.15, 0.2) is 0 Å². The standard InChI is InChI=1S/C16H14N2S/c1-3-7-11(4-2)14-16-15(18-10-17-14)12-8-5-6-9-13(12)19-16/h3-10H,1-2H3/b7-3-,11-4+. The summed E-state index contributed by atoms with van der Waals surface area (Å²) in [5, 5.41) is 1.21. The second-order valence-electron chi connectivity index (χ2n) is 4.24. The molecule has 0 amide bonds. The number of rotatable bonds is 2. The number of benzene rings is 1. The van der Waals surface area contributed by atoms with Gasteiger partial charge in [-0.3, -0.25) is 0 Å². The maximum atomic E-state index is 4.47. The molecule has 0 atom stereocenters. The Kier molecular flexibility index (Phi) is 3.13. The fraction of sp³-hybridized carbons (Fsp3) is 0.125. The molecule has 0 fully saturated rings. The summed E-state index contributed by atoms with van der Waals surface area (Å²) in [5.74, 6) is 0. The zero-order valence-corrected chi connectivity index (χ0v) is 11.7. The van der Waals surface area contributed by atoms with Crippen LogP contribution < -0.4 is 0 Å². The highest BCUT2D eigenvalue weighted by Crippen LogP contribution is 2.35. The van der Waals surface area contributed by atoms with Crippen LogP contribution in [0.25, 0.3) is 25.9 Å². The quantitative estimate of drug-likeness (QED) is 0.621. The van der Waals surface area contributed by atoms with Crippen molar-refractivity contribution in [3.63, 3.8) is 0 Å². The number of thiophene rings is 1. The summed E-state index contributed by atoms with van der Waals surface area (Å²) < 4.78 is 2.42. The van der Waals surface area contributed by atoms with E-state index in [9.17, 15) is 0 Å². The molecule has 2 heterocycles. The molecule has 0 unspecified atom stereocenters. The summed E-state index contributed by atoms with van der Waals surface area (Å²) >= 11 is 1.76. The second-order valence-corrected chi connectivity index (χ2v) is 5.29. The fourth-order valence-corrected chi connectivity index (χ4v) is 3.39. The van der Waals surface area contributed by atoms with Gasteiger partial charge in [-0.25, -0.2) is 9.97 Å². The number of allylic oxidation sites excluding steroid dienone is 4. The Balaban J connectivity index is 2.38. The van der Waals surface area contributed by atoms with Crippen molar-refractivity contribution in [1.82, 2.24) is 9.97 Å². The van der Waals surface area contributed by atoms with Crippen LogP contribution in [-0.4, -0.2) is 9.97 Å². The predicted octanol–water partition coefficient (Wildman–Crippen LogP) is 4.82. The van der Waals surface area contributed by atoms with Crippen LogP contribution in [0.5, 0.6) is 0 Å². The lowest BCUT2D eigenvalue weighted by molar-refractivity contribution is 1.21. The summed E-state index contributed by atoms with van der Waals surface area (Å²) in [6, 6.07) is 8.37. The molecule has 0 aliphatic carbocycles. The monoisotopic (exact) mass is 266 g/mol. The molecule has 3 aromatic rings. The highest BCUT2D eigenvalue weighted by atomic mass is 32.1. The average molecular weight is 266 g/mol. The van der Waals surface area contributed by atoms with Crippen molar-refractivity contribution in [1.29, 1.82) is 0 Å². The maximum Gasteiger partial charge on any atom is 0.116 e. The molecule has 94 valence electrons. The topological polar surface area (TPSA) is 25.8 Å². The van der Waals surface area contributed by atoms with Crippen LogP contribution in [0.4, 0.5) is 0 Å². The molecule has 3 heteroatoms. The molecule has 0 aliphatic heterocycles. The first-order valence-corrected chi connectivity index (χ1v) is 7.08. The van der Waals surface area contributed by atoms with Gasteiger partial charge in [0.05, 0.1) is 15.9 Å². The largest absolute Gasteiger partial charge is 0.235 e. The summed E-state index contributed by atoms with van der Waals surface area (Å²) in [6.45, 7) is 4.06. The molecule has 0 radical (unpaired) electrons. The summed E-state index contributed by atoms with van der Waals surface area (Å²) in [6.07, 6.45) is 7.87. The van der Waals surface area contributed by atoms with Crippen LogP contribution in [0.1, 0.15) is 19.5 Å². The van der Waals surface area contributed by atoms with Gasteiger partial charge in [-0.15, -0.1) is 11.3 Å². The number of hydrogen-bond acceptors (Lipinski definition) is 3. The van der Waals surface area contributed by atoms with Gasteiger partial charge in [0, 0.05) is 10.1 Å². The molecule has 0 N–H and O–H groups in total. The number of hydrogen-bond donors (Lipinski definition) is 0. The van der Waals surface area contributed by atoms with Crippen LogP contribution in [0.15, 0.2) is 48.8 Å². The molecular weight excluding hydrogens is 252 g/mol. The Morgan fingerprint density at radius 2 is 2.00 bits per heavy atom. The van der Waals surface area contributed by atoms with E-state index < -0.39 is 0 Å². The molecule has 3 rings (SSSR count). The first kappa shape index (κ1) is 12.1. The third-order valence-electron chi connectivity index (χ3n) is 3.09. The Labute approximate surface area is 116 Å². The van der Waals surface area contributed by atoms with E-state index >= 15 is 0 Å². The lowest BCUT2D eigenvalue weighted by Crippen LogP contribution is -1.88. The highest BCUT2D eigenvalue weighted by Gasteiger charge is 2.12. The van der Waals surface area contributed by atoms with Crippen LogP contribution in [-0.2, 0) is 0 Å². The van der Waals surface area contributed by atoms with E-state index in [4.69, 9.17) is 0 Å². The Morgan fingerprint density at radius 3 is 2.79 bits per heavy atom. The highest BCUT2D eigenvalue weighted by molar-refractivity contribution is 7.26. The Bertz CT molecular complexity index is 797. The van der Waals surface area contributed by atoms with E-state index in [1.54, 1.807) is 17.7 Å². The zero-order valence-electron chi connectivity index (χ0n) is 10.9. The van der Waals surface area contributed by atoms with Crippen molar-refractivity contribution in [3.8, 4) is 0 Å². The molecule has 0 aliphatic rings. The van der Waals surface area contributed by atoms with Crippen molar-refractivity contribution >= 4 is 37.2 Å². The van der Waals surface area contributed by atoms with Crippen LogP contribution in [0, 0.1) is 0 Å². The molecule has 19 heavy (non-hydrogen) atoms. The minimum Gasteiger partial charge on any atom is -0.235 e. The third-order valence-corrected chi connectivity index (χ3v) is 4.26. The molecule has 2 nitrogen and oxygen atoms in total. The van der Waals surface area contributed by atoms with Gasteiger partial charge < -0.3 is 0 Å². The van der Waals surface area contributed by atoms with Gasteiger partial charge in [-0.1, -0.05) is 36.4 Å². The molecule has 2 aromatic heterocycles. The van der Waals surface area contributed by atoms with Crippen molar-refractivity contribution in [2.45, 2.75) is 13.8 Å². The maximum absolute atomic E-state index is 4.47. The fourth-order valence-electron chi connectivity index (χ4n) is 2.22. The van der Waals surface area contributed by atoms with Gasteiger partial charge in [-0.2, -0.15) is 0 Å². The van der Waals surface area contributed by atoms with E-state index in [2.05, 4.69) is 46.4 Å². The third kappa shape index (κ3) is 1.96. The minimum absolute atomic E-state index is 1.02. The average Bonchev–Trinajstić information content (AvgIpc) is 2.83. The van der Waals surface area contributed by atoms with Crippen LogP contribution in [0.2, 0.25) is 0 Å². The van der Waals surface area contributed by atoms with Gasteiger partial charge in [0.2, 0.25) is 0 Å². The molecule has 0 bridgehead atoms. The zero-order chi connectivity index (χ0) is 13.2. The number of aromatic nitrogens is 2. The normalized spacial score (nSPS) is 12.8. The van der Waals surface area contributed by atoms with E-state index in [0.717, 1.165) is 21.5 Å². The summed E-state index contributed by atoms with van der Waals surface area (Å²) in [4.78, 5) is 8.93. The second kappa shape index (κ2) is 4.94. The van der Waals surface area contributed by atoms with Crippen LogP contribution >= 0.6 is 11.3 Å². The molecule has 0 spiro atoms. The summed E-state index contributed by atoms with van der Waals surface area (Å²) in [7, 11) is 0. The first-order chi connectivity index (χ1) is 9.35. The molecule has 0 saturated carbocycles. The Morgan fingerprint density at radius 1 is 1.16 bits per heavy atom. The minimum atomic E-state index is 1.02.